The predicted molar refractivity (Wildman–Crippen MR) is 113 cm³/mol. The Labute approximate surface area is 177 Å². The van der Waals surface area contributed by atoms with Crippen molar-refractivity contribution in [1.82, 2.24) is 19.6 Å². The number of hydrogen-bond acceptors (Lipinski definition) is 6. The van der Waals surface area contributed by atoms with Gasteiger partial charge >= 0.3 is 0 Å². The zero-order valence-electron chi connectivity index (χ0n) is 16.5. The van der Waals surface area contributed by atoms with Gasteiger partial charge in [0.05, 0.1) is 11.1 Å². The molecule has 0 unspecified atom stereocenters. The lowest BCUT2D eigenvalue weighted by molar-refractivity contribution is -0.116. The van der Waals surface area contributed by atoms with Gasteiger partial charge in [0.1, 0.15) is 17.8 Å². The maximum atomic E-state index is 13.0. The van der Waals surface area contributed by atoms with Crippen molar-refractivity contribution in [3.05, 3.63) is 83.4 Å². The molecule has 2 aromatic heterocycles. The Balaban J connectivity index is 1.62. The molecule has 31 heavy (non-hydrogen) atoms. The second-order valence-electron chi connectivity index (χ2n) is 7.74. The van der Waals surface area contributed by atoms with Gasteiger partial charge in [0, 0.05) is 24.3 Å². The number of Topliss-reactive ketones (excluding diaryl/α,β-unsaturated/α-hetero) is 1. The molecule has 3 heterocycles. The molecule has 0 saturated carbocycles. The number of rotatable bonds is 2. The summed E-state index contributed by atoms with van der Waals surface area (Å²) in [6.45, 7) is 0. The van der Waals surface area contributed by atoms with E-state index in [4.69, 9.17) is 9.72 Å². The van der Waals surface area contributed by atoms with Crippen LogP contribution in [0.2, 0.25) is 0 Å². The maximum Gasteiger partial charge on any atom is 0.228 e. The Morgan fingerprint density at radius 1 is 1.03 bits per heavy atom. The average Bonchev–Trinajstić information content (AvgIpc) is 3.23. The third kappa shape index (κ3) is 2.73. The smallest absolute Gasteiger partial charge is 0.228 e. The van der Waals surface area contributed by atoms with Gasteiger partial charge in [-0.2, -0.15) is 0 Å². The first-order valence-corrected chi connectivity index (χ1v) is 10.2. The number of allylic oxidation sites excluding steroid dienone is 2. The summed E-state index contributed by atoms with van der Waals surface area (Å²) in [6.07, 6.45) is 3.56. The number of fused-ring (bicyclic) bond motifs is 3. The van der Waals surface area contributed by atoms with E-state index in [1.807, 2.05) is 36.4 Å². The third-order valence-corrected chi connectivity index (χ3v) is 5.87. The number of ketones is 1. The maximum absolute atomic E-state index is 13.0. The van der Waals surface area contributed by atoms with Gasteiger partial charge < -0.3 is 9.84 Å². The number of carbonyl (C=O) groups is 1. The van der Waals surface area contributed by atoms with Crippen molar-refractivity contribution in [2.45, 2.75) is 25.2 Å². The standard InChI is InChI=1S/C24H18N4O3/c29-16-10-5-4-9-15(16)22-26-23-21-19(14-7-2-1-3-8-14)20-17(30)11-6-12-18(20)31-24(21)25-13-28(23)27-22/h1-5,7-10,13,19,29H,6,11-12H2/t19-/m1/s1. The van der Waals surface area contributed by atoms with Crippen LogP contribution in [-0.4, -0.2) is 30.5 Å². The van der Waals surface area contributed by atoms with Crippen LogP contribution in [0.1, 0.15) is 36.3 Å². The first-order valence-electron chi connectivity index (χ1n) is 10.2. The van der Waals surface area contributed by atoms with Crippen molar-refractivity contribution in [2.24, 2.45) is 0 Å². The van der Waals surface area contributed by atoms with Crippen molar-refractivity contribution < 1.29 is 14.6 Å². The van der Waals surface area contributed by atoms with E-state index in [0.29, 0.717) is 47.1 Å². The van der Waals surface area contributed by atoms with E-state index in [1.54, 1.807) is 29.0 Å². The largest absolute Gasteiger partial charge is 0.507 e. The summed E-state index contributed by atoms with van der Waals surface area (Å²) in [5.74, 6) is 1.41. The summed E-state index contributed by atoms with van der Waals surface area (Å²) < 4.78 is 7.70. The Morgan fingerprint density at radius 2 is 1.84 bits per heavy atom. The molecule has 1 N–H and O–H groups in total. The fourth-order valence-electron chi connectivity index (χ4n) is 4.47. The summed E-state index contributed by atoms with van der Waals surface area (Å²) in [4.78, 5) is 22.2. The minimum Gasteiger partial charge on any atom is -0.507 e. The lowest BCUT2D eigenvalue weighted by Crippen LogP contribution is -2.26. The number of ether oxygens (including phenoxy) is 1. The normalized spacial score (nSPS) is 17.9. The molecule has 152 valence electrons. The molecule has 7 heteroatoms. The second kappa shape index (κ2) is 6.77. The minimum absolute atomic E-state index is 0.100. The predicted octanol–water partition coefficient (Wildman–Crippen LogP) is 4.03. The summed E-state index contributed by atoms with van der Waals surface area (Å²) in [5.41, 5.74) is 3.48. The lowest BCUT2D eigenvalue weighted by atomic mass is 9.78. The molecular weight excluding hydrogens is 392 g/mol. The summed E-state index contributed by atoms with van der Waals surface area (Å²) in [6, 6.07) is 16.8. The number of benzene rings is 2. The molecule has 6 rings (SSSR count). The molecule has 0 bridgehead atoms. The number of nitrogens with zero attached hydrogens (tertiary/aromatic N) is 4. The molecule has 7 nitrogen and oxygen atoms in total. The van der Waals surface area contributed by atoms with Crippen LogP contribution >= 0.6 is 0 Å². The fourth-order valence-corrected chi connectivity index (χ4v) is 4.47. The van der Waals surface area contributed by atoms with Gasteiger partial charge in [-0.3, -0.25) is 4.79 Å². The van der Waals surface area contributed by atoms with E-state index < -0.39 is 0 Å². The Bertz CT molecular complexity index is 1370. The highest BCUT2D eigenvalue weighted by Crippen LogP contribution is 2.47. The van der Waals surface area contributed by atoms with Crippen molar-refractivity contribution in [1.29, 1.82) is 0 Å². The summed E-state index contributed by atoms with van der Waals surface area (Å²) in [5, 5.41) is 14.8. The Kier molecular flexibility index (Phi) is 3.89. The fraction of sp³-hybridized carbons (Fsp3) is 0.167. The number of phenols is 1. The van der Waals surface area contributed by atoms with Crippen molar-refractivity contribution in [3.8, 4) is 23.0 Å². The van der Waals surface area contributed by atoms with Crippen LogP contribution in [0.25, 0.3) is 17.0 Å². The van der Waals surface area contributed by atoms with Crippen molar-refractivity contribution in [3.63, 3.8) is 0 Å². The van der Waals surface area contributed by atoms with Crippen LogP contribution in [-0.2, 0) is 4.79 Å². The van der Waals surface area contributed by atoms with E-state index in [2.05, 4.69) is 10.1 Å². The van der Waals surface area contributed by atoms with Crippen LogP contribution in [0.4, 0.5) is 0 Å². The zero-order valence-corrected chi connectivity index (χ0v) is 16.5. The molecule has 1 aliphatic heterocycles. The van der Waals surface area contributed by atoms with E-state index in [0.717, 1.165) is 17.5 Å². The molecule has 0 amide bonds. The Hall–Kier alpha value is -4.00. The minimum atomic E-state index is -0.328. The van der Waals surface area contributed by atoms with E-state index in [-0.39, 0.29) is 17.5 Å². The number of aromatic nitrogens is 4. The van der Waals surface area contributed by atoms with Gasteiger partial charge in [0.25, 0.3) is 0 Å². The lowest BCUT2D eigenvalue weighted by Gasteiger charge is -2.31. The SMILES string of the molecule is O=C1CCCC2=C1[C@@H](c1ccccc1)c1c(ncn3nc(-c4ccccc4O)nc13)O2. The monoisotopic (exact) mass is 410 g/mol. The molecule has 2 aliphatic rings. The van der Waals surface area contributed by atoms with Gasteiger partial charge in [-0.05, 0) is 24.1 Å². The topological polar surface area (TPSA) is 89.6 Å². The molecule has 1 aliphatic carbocycles. The van der Waals surface area contributed by atoms with Crippen LogP contribution in [0, 0.1) is 0 Å². The van der Waals surface area contributed by atoms with E-state index in [1.165, 1.54) is 0 Å². The van der Waals surface area contributed by atoms with E-state index in [9.17, 15) is 9.90 Å². The highest BCUT2D eigenvalue weighted by atomic mass is 16.5. The van der Waals surface area contributed by atoms with Gasteiger partial charge in [0.2, 0.25) is 5.88 Å². The molecular formula is C24H18N4O3. The Morgan fingerprint density at radius 3 is 2.68 bits per heavy atom. The highest BCUT2D eigenvalue weighted by Gasteiger charge is 2.39. The second-order valence-corrected chi connectivity index (χ2v) is 7.74. The van der Waals surface area contributed by atoms with Gasteiger partial charge in [-0.1, -0.05) is 42.5 Å². The third-order valence-electron chi connectivity index (χ3n) is 5.87. The van der Waals surface area contributed by atoms with Gasteiger partial charge in [0.15, 0.2) is 17.3 Å². The van der Waals surface area contributed by atoms with Crippen LogP contribution in [0.3, 0.4) is 0 Å². The molecule has 0 fully saturated rings. The number of phenolic OH excluding ortho intramolecular Hbond substituents is 1. The molecule has 2 aromatic carbocycles. The van der Waals surface area contributed by atoms with Crippen molar-refractivity contribution in [2.75, 3.05) is 0 Å². The average molecular weight is 410 g/mol. The zero-order chi connectivity index (χ0) is 20.9. The molecule has 4 aromatic rings. The molecule has 0 saturated heterocycles. The van der Waals surface area contributed by atoms with Crippen molar-refractivity contribution >= 4 is 11.4 Å². The number of para-hydroxylation sites is 1. The number of carbonyl (C=O) groups excluding carboxylic acids is 1. The first kappa shape index (κ1) is 17.8. The van der Waals surface area contributed by atoms with Gasteiger partial charge in [-0.25, -0.2) is 14.5 Å². The summed E-state index contributed by atoms with van der Waals surface area (Å²) in [7, 11) is 0. The quantitative estimate of drug-likeness (QED) is 0.537. The van der Waals surface area contributed by atoms with Gasteiger partial charge in [-0.15, -0.1) is 5.10 Å². The highest BCUT2D eigenvalue weighted by molar-refractivity contribution is 6.00. The first-order chi connectivity index (χ1) is 15.2. The molecule has 0 spiro atoms. The van der Waals surface area contributed by atoms with Crippen LogP contribution in [0.5, 0.6) is 11.6 Å². The molecule has 0 radical (unpaired) electrons. The van der Waals surface area contributed by atoms with Crippen LogP contribution in [0.15, 0.2) is 72.3 Å². The number of hydrogen-bond donors (Lipinski definition) is 1. The van der Waals surface area contributed by atoms with E-state index >= 15 is 0 Å². The van der Waals surface area contributed by atoms with Crippen LogP contribution < -0.4 is 4.74 Å². The number of aromatic hydroxyl groups is 1. The summed E-state index contributed by atoms with van der Waals surface area (Å²) >= 11 is 0. The molecule has 1 atom stereocenters.